The quantitative estimate of drug-likeness (QED) is 0.728. The summed E-state index contributed by atoms with van der Waals surface area (Å²) in [6.07, 6.45) is 1.69. The summed E-state index contributed by atoms with van der Waals surface area (Å²) in [5.74, 6) is 0.588. The number of hydrogen-bond donors (Lipinski definition) is 2. The maximum atomic E-state index is 12.2. The molecule has 1 amide bonds. The molecule has 3 rings (SSSR count). The number of aromatic nitrogens is 2. The summed E-state index contributed by atoms with van der Waals surface area (Å²) >= 11 is 1.45. The molecule has 3 aromatic rings. The molecule has 0 aliphatic carbocycles. The predicted molar refractivity (Wildman–Crippen MR) is 84.2 cm³/mol. The minimum atomic E-state index is -0.106. The smallest absolute Gasteiger partial charge is 0.261 e. The topological polar surface area (TPSA) is 80.9 Å². The van der Waals surface area contributed by atoms with Crippen LogP contribution in [-0.4, -0.2) is 15.9 Å². The molecule has 0 saturated heterocycles. The van der Waals surface area contributed by atoms with Gasteiger partial charge in [0, 0.05) is 16.6 Å². The molecule has 0 spiro atoms. The number of thiophene rings is 1. The molecule has 2 heterocycles. The lowest BCUT2D eigenvalue weighted by Crippen LogP contribution is -2.22. The van der Waals surface area contributed by atoms with Crippen LogP contribution in [-0.2, 0) is 6.54 Å². The number of amides is 1. The van der Waals surface area contributed by atoms with E-state index < -0.39 is 0 Å². The average molecular weight is 298 g/mol. The summed E-state index contributed by atoms with van der Waals surface area (Å²) < 4.78 is 1.05. The minimum absolute atomic E-state index is 0.106. The Hall–Kier alpha value is -2.47. The Morgan fingerprint density at radius 1 is 1.33 bits per heavy atom. The van der Waals surface area contributed by atoms with Crippen LogP contribution < -0.4 is 11.1 Å². The highest BCUT2D eigenvalue weighted by Gasteiger charge is 2.10. The molecule has 21 heavy (non-hydrogen) atoms. The monoisotopic (exact) mass is 298 g/mol. The van der Waals surface area contributed by atoms with Crippen molar-refractivity contribution in [1.29, 1.82) is 0 Å². The molecule has 0 radical (unpaired) electrons. The Balaban J connectivity index is 1.74. The fraction of sp³-hybridized carbons (Fsp3) is 0.133. The zero-order chi connectivity index (χ0) is 14.8. The molecule has 5 nitrogen and oxygen atoms in total. The Kier molecular flexibility index (Phi) is 3.53. The third-order valence-electron chi connectivity index (χ3n) is 3.03. The van der Waals surface area contributed by atoms with E-state index >= 15 is 0 Å². The van der Waals surface area contributed by atoms with Gasteiger partial charge in [0.15, 0.2) is 0 Å². The van der Waals surface area contributed by atoms with Gasteiger partial charge in [-0.3, -0.25) is 4.79 Å². The van der Waals surface area contributed by atoms with Crippen LogP contribution in [0, 0.1) is 6.92 Å². The first-order valence-corrected chi connectivity index (χ1v) is 7.29. The van der Waals surface area contributed by atoms with E-state index in [2.05, 4.69) is 15.3 Å². The Morgan fingerprint density at radius 3 is 3.00 bits per heavy atom. The summed E-state index contributed by atoms with van der Waals surface area (Å²) in [5.41, 5.74) is 7.24. The van der Waals surface area contributed by atoms with Crippen LogP contribution in [0.3, 0.4) is 0 Å². The average Bonchev–Trinajstić information content (AvgIpc) is 2.88. The molecule has 0 unspecified atom stereocenters. The fourth-order valence-corrected chi connectivity index (χ4v) is 2.99. The molecular formula is C15H14N4OS. The molecular weight excluding hydrogens is 284 g/mol. The molecule has 0 aliphatic heterocycles. The summed E-state index contributed by atoms with van der Waals surface area (Å²) in [6, 6.07) is 9.29. The summed E-state index contributed by atoms with van der Waals surface area (Å²) in [4.78, 5) is 21.1. The van der Waals surface area contributed by atoms with Crippen molar-refractivity contribution in [1.82, 2.24) is 15.3 Å². The number of fused-ring (bicyclic) bond motifs is 1. The third-order valence-corrected chi connectivity index (χ3v) is 4.14. The predicted octanol–water partition coefficient (Wildman–Crippen LogP) is 2.51. The number of nitrogens with one attached hydrogen (secondary N) is 1. The largest absolute Gasteiger partial charge is 0.399 e. The number of benzene rings is 1. The number of aryl methyl sites for hydroxylation is 1. The van der Waals surface area contributed by atoms with Gasteiger partial charge in [0.1, 0.15) is 5.82 Å². The highest BCUT2D eigenvalue weighted by Crippen LogP contribution is 2.27. The second-order valence-electron chi connectivity index (χ2n) is 4.69. The van der Waals surface area contributed by atoms with Crippen molar-refractivity contribution in [2.75, 3.05) is 5.73 Å². The number of carbonyl (C=O) groups is 1. The van der Waals surface area contributed by atoms with Crippen LogP contribution in [0.4, 0.5) is 5.69 Å². The maximum absolute atomic E-state index is 12.2. The fourth-order valence-electron chi connectivity index (χ4n) is 2.04. The maximum Gasteiger partial charge on any atom is 0.261 e. The molecule has 0 atom stereocenters. The zero-order valence-electron chi connectivity index (χ0n) is 11.5. The summed E-state index contributed by atoms with van der Waals surface area (Å²) in [7, 11) is 0. The second kappa shape index (κ2) is 5.49. The first-order chi connectivity index (χ1) is 10.1. The van der Waals surface area contributed by atoms with Crippen LogP contribution in [0.1, 0.15) is 21.2 Å². The van der Waals surface area contributed by atoms with E-state index in [0.717, 1.165) is 15.8 Å². The van der Waals surface area contributed by atoms with E-state index in [4.69, 9.17) is 5.73 Å². The number of nitrogens with two attached hydrogens (primary N) is 1. The molecule has 1 aromatic carbocycles. The van der Waals surface area contributed by atoms with Gasteiger partial charge < -0.3 is 11.1 Å². The van der Waals surface area contributed by atoms with Gasteiger partial charge in [-0.1, -0.05) is 0 Å². The number of carbonyl (C=O) groups excluding carboxylic acids is 1. The van der Waals surface area contributed by atoms with Crippen molar-refractivity contribution in [2.24, 2.45) is 0 Å². The standard InChI is InChI=1S/C15H14N4OS/c1-9-17-5-4-12(19-9)8-18-15(20)14-7-10-6-11(16)2-3-13(10)21-14/h2-7H,8,16H2,1H3,(H,18,20). The molecule has 2 aromatic heterocycles. The van der Waals surface area contributed by atoms with Gasteiger partial charge in [0.25, 0.3) is 5.91 Å². The first kappa shape index (κ1) is 13.5. The van der Waals surface area contributed by atoms with E-state index in [1.54, 1.807) is 12.3 Å². The van der Waals surface area contributed by atoms with Crippen LogP contribution >= 0.6 is 11.3 Å². The van der Waals surface area contributed by atoms with Gasteiger partial charge in [0.05, 0.1) is 17.1 Å². The number of rotatable bonds is 3. The first-order valence-electron chi connectivity index (χ1n) is 6.47. The summed E-state index contributed by atoms with van der Waals surface area (Å²) in [5, 5.41) is 3.86. The van der Waals surface area contributed by atoms with Gasteiger partial charge in [-0.25, -0.2) is 9.97 Å². The number of nitrogen functional groups attached to an aromatic ring is 1. The normalized spacial score (nSPS) is 10.7. The second-order valence-corrected chi connectivity index (χ2v) is 5.77. The lowest BCUT2D eigenvalue weighted by atomic mass is 10.2. The SMILES string of the molecule is Cc1nccc(CNC(=O)c2cc3cc(N)ccc3s2)n1. The van der Waals surface area contributed by atoms with Gasteiger partial charge in [-0.15, -0.1) is 11.3 Å². The Morgan fingerprint density at radius 2 is 2.19 bits per heavy atom. The van der Waals surface area contributed by atoms with Crippen LogP contribution in [0.2, 0.25) is 0 Å². The van der Waals surface area contributed by atoms with Crippen LogP contribution in [0.5, 0.6) is 0 Å². The summed E-state index contributed by atoms with van der Waals surface area (Å²) in [6.45, 7) is 2.21. The minimum Gasteiger partial charge on any atom is -0.399 e. The zero-order valence-corrected chi connectivity index (χ0v) is 12.3. The van der Waals surface area contributed by atoms with Gasteiger partial charge in [-0.05, 0) is 42.6 Å². The highest BCUT2D eigenvalue weighted by atomic mass is 32.1. The van der Waals surface area contributed by atoms with Crippen molar-refractivity contribution in [3.8, 4) is 0 Å². The Bertz CT molecular complexity index is 812. The van der Waals surface area contributed by atoms with Crippen LogP contribution in [0.15, 0.2) is 36.5 Å². The molecule has 0 aliphatic rings. The van der Waals surface area contributed by atoms with E-state index in [0.29, 0.717) is 22.9 Å². The van der Waals surface area contributed by atoms with E-state index in [-0.39, 0.29) is 5.91 Å². The number of hydrogen-bond acceptors (Lipinski definition) is 5. The Labute approximate surface area is 125 Å². The van der Waals surface area contributed by atoms with Crippen molar-refractivity contribution in [3.05, 3.63) is 52.9 Å². The molecule has 0 fully saturated rings. The van der Waals surface area contributed by atoms with Crippen molar-refractivity contribution < 1.29 is 4.79 Å². The molecule has 3 N–H and O–H groups in total. The van der Waals surface area contributed by atoms with Gasteiger partial charge in [0.2, 0.25) is 0 Å². The highest BCUT2D eigenvalue weighted by molar-refractivity contribution is 7.20. The van der Waals surface area contributed by atoms with Crippen molar-refractivity contribution >= 4 is 33.0 Å². The van der Waals surface area contributed by atoms with E-state index in [1.165, 1.54) is 11.3 Å². The molecule has 0 saturated carbocycles. The molecule has 106 valence electrons. The van der Waals surface area contributed by atoms with E-state index in [1.807, 2.05) is 31.2 Å². The number of nitrogens with zero attached hydrogens (tertiary/aromatic N) is 2. The van der Waals surface area contributed by atoms with Crippen LogP contribution in [0.25, 0.3) is 10.1 Å². The van der Waals surface area contributed by atoms with Gasteiger partial charge >= 0.3 is 0 Å². The third kappa shape index (κ3) is 3.00. The molecule has 0 bridgehead atoms. The lowest BCUT2D eigenvalue weighted by Gasteiger charge is -2.03. The van der Waals surface area contributed by atoms with Crippen molar-refractivity contribution in [3.63, 3.8) is 0 Å². The van der Waals surface area contributed by atoms with Crippen molar-refractivity contribution in [2.45, 2.75) is 13.5 Å². The molecule has 6 heteroatoms. The number of anilines is 1. The lowest BCUT2D eigenvalue weighted by molar-refractivity contribution is 0.0954. The van der Waals surface area contributed by atoms with Gasteiger partial charge in [-0.2, -0.15) is 0 Å². The van der Waals surface area contributed by atoms with E-state index in [9.17, 15) is 4.79 Å².